The molecule has 0 unspecified atom stereocenters. The molecule has 11 heteroatoms. The van der Waals surface area contributed by atoms with Gasteiger partial charge in [-0.05, 0) is 47.7 Å². The largest absolute Gasteiger partial charge is 0.379 e. The van der Waals surface area contributed by atoms with Gasteiger partial charge in [0.1, 0.15) is 10.6 Å². The summed E-state index contributed by atoms with van der Waals surface area (Å²) < 4.78 is 29.5. The Morgan fingerprint density at radius 1 is 1.11 bits per heavy atom. The number of nitro groups is 1. The number of carbonyl (C=O) groups is 1. The third-order valence-corrected chi connectivity index (χ3v) is 5.47. The van der Waals surface area contributed by atoms with Crippen LogP contribution >= 0.6 is 11.8 Å². The lowest BCUT2D eigenvalue weighted by molar-refractivity contribution is -0.384. The van der Waals surface area contributed by atoms with E-state index < -0.39 is 15.0 Å². The predicted octanol–water partition coefficient (Wildman–Crippen LogP) is 2.50. The Morgan fingerprint density at radius 2 is 1.74 bits per heavy atom. The number of amides is 1. The molecular weight excluding hydrogens is 394 g/mol. The number of carbonyl (C=O) groups excluding carboxylic acids is 1. The fourth-order valence-corrected chi connectivity index (χ4v) is 3.75. The van der Waals surface area contributed by atoms with Crippen LogP contribution in [-0.4, -0.2) is 24.4 Å². The van der Waals surface area contributed by atoms with E-state index in [-0.39, 0.29) is 27.4 Å². The van der Waals surface area contributed by atoms with Gasteiger partial charge >= 0.3 is 10.1 Å². The maximum absolute atomic E-state index is 12.2. The van der Waals surface area contributed by atoms with Gasteiger partial charge in [0, 0.05) is 12.1 Å². The van der Waals surface area contributed by atoms with Gasteiger partial charge in [-0.1, -0.05) is 12.1 Å². The molecule has 0 radical (unpaired) electrons. The molecule has 1 aliphatic heterocycles. The van der Waals surface area contributed by atoms with Gasteiger partial charge < -0.3 is 9.50 Å². The lowest BCUT2D eigenvalue weighted by Gasteiger charge is -2.07. The summed E-state index contributed by atoms with van der Waals surface area (Å²) in [6, 6.07) is 10.3. The Bertz CT molecular complexity index is 1060. The van der Waals surface area contributed by atoms with Gasteiger partial charge in [-0.15, -0.1) is 0 Å². The van der Waals surface area contributed by atoms with Gasteiger partial charge in [-0.3, -0.25) is 20.3 Å². The third kappa shape index (κ3) is 4.33. The van der Waals surface area contributed by atoms with Crippen LogP contribution in [0.5, 0.6) is 5.75 Å². The highest BCUT2D eigenvalue weighted by atomic mass is 32.2. The molecule has 1 saturated heterocycles. The minimum absolute atomic E-state index is 0.0420. The maximum atomic E-state index is 12.2. The van der Waals surface area contributed by atoms with E-state index in [0.717, 1.165) is 36.0 Å². The molecule has 1 heterocycles. The molecular formula is C16H11N3O6S2. The van der Waals surface area contributed by atoms with Crippen molar-refractivity contribution in [2.45, 2.75) is 4.90 Å². The van der Waals surface area contributed by atoms with E-state index in [1.165, 1.54) is 12.1 Å². The Labute approximate surface area is 157 Å². The molecule has 0 spiro atoms. The zero-order chi connectivity index (χ0) is 19.6. The summed E-state index contributed by atoms with van der Waals surface area (Å²) in [6.07, 6.45) is 1.57. The van der Waals surface area contributed by atoms with Gasteiger partial charge in [0.2, 0.25) is 0 Å². The molecule has 1 fully saturated rings. The molecule has 3 rings (SSSR count). The monoisotopic (exact) mass is 405 g/mol. The lowest BCUT2D eigenvalue weighted by atomic mass is 10.2. The summed E-state index contributed by atoms with van der Waals surface area (Å²) in [5, 5.41) is 20.4. The fraction of sp³-hybridized carbons (Fsp3) is 0. The first kappa shape index (κ1) is 18.6. The average molecular weight is 405 g/mol. The SMILES string of the molecule is N=C1NC(=O)/C(=C/c2ccc(OS(=O)(=O)c3ccc([N+](=O)[O-])cc3)cc2)S1. The maximum Gasteiger partial charge on any atom is 0.339 e. The average Bonchev–Trinajstić information content (AvgIpc) is 2.93. The quantitative estimate of drug-likeness (QED) is 0.337. The molecule has 9 nitrogen and oxygen atoms in total. The van der Waals surface area contributed by atoms with Crippen LogP contribution in [0.2, 0.25) is 0 Å². The van der Waals surface area contributed by atoms with Crippen LogP contribution in [0, 0.1) is 15.5 Å². The van der Waals surface area contributed by atoms with Gasteiger partial charge in [0.25, 0.3) is 11.6 Å². The summed E-state index contributed by atoms with van der Waals surface area (Å²) >= 11 is 0.992. The van der Waals surface area contributed by atoms with Gasteiger partial charge in [0.05, 0.1) is 9.83 Å². The Morgan fingerprint density at radius 3 is 2.26 bits per heavy atom. The van der Waals surface area contributed by atoms with Gasteiger partial charge in [-0.2, -0.15) is 8.42 Å². The minimum Gasteiger partial charge on any atom is -0.379 e. The molecule has 27 heavy (non-hydrogen) atoms. The third-order valence-electron chi connectivity index (χ3n) is 3.38. The zero-order valence-corrected chi connectivity index (χ0v) is 15.0. The lowest BCUT2D eigenvalue weighted by Crippen LogP contribution is -2.18. The fourth-order valence-electron chi connectivity index (χ4n) is 2.12. The molecule has 0 aliphatic carbocycles. The molecule has 1 aliphatic rings. The number of nitrogens with one attached hydrogen (secondary N) is 2. The predicted molar refractivity (Wildman–Crippen MR) is 98.8 cm³/mol. The van der Waals surface area contributed by atoms with E-state index in [1.54, 1.807) is 18.2 Å². The van der Waals surface area contributed by atoms with Crippen LogP contribution < -0.4 is 9.50 Å². The summed E-state index contributed by atoms with van der Waals surface area (Å²) in [5.74, 6) is -0.321. The Balaban J connectivity index is 1.75. The van der Waals surface area contributed by atoms with Crippen LogP contribution in [0.1, 0.15) is 5.56 Å². The van der Waals surface area contributed by atoms with Crippen molar-refractivity contribution in [3.8, 4) is 5.75 Å². The second-order valence-electron chi connectivity index (χ2n) is 5.25. The van der Waals surface area contributed by atoms with E-state index in [2.05, 4.69) is 5.32 Å². The number of rotatable bonds is 5. The first-order valence-electron chi connectivity index (χ1n) is 7.33. The molecule has 0 saturated carbocycles. The van der Waals surface area contributed by atoms with Crippen molar-refractivity contribution in [1.82, 2.24) is 5.32 Å². The van der Waals surface area contributed by atoms with E-state index in [9.17, 15) is 23.3 Å². The van der Waals surface area contributed by atoms with E-state index in [0.29, 0.717) is 10.5 Å². The number of hydrogen-bond donors (Lipinski definition) is 2. The highest BCUT2D eigenvalue weighted by molar-refractivity contribution is 8.18. The van der Waals surface area contributed by atoms with Crippen molar-refractivity contribution in [1.29, 1.82) is 5.41 Å². The van der Waals surface area contributed by atoms with Crippen molar-refractivity contribution in [3.63, 3.8) is 0 Å². The van der Waals surface area contributed by atoms with E-state index in [4.69, 9.17) is 9.59 Å². The number of non-ortho nitro benzene ring substituents is 1. The van der Waals surface area contributed by atoms with Crippen molar-refractivity contribution < 1.29 is 22.3 Å². The molecule has 138 valence electrons. The van der Waals surface area contributed by atoms with Crippen molar-refractivity contribution in [2.24, 2.45) is 0 Å². The zero-order valence-electron chi connectivity index (χ0n) is 13.4. The summed E-state index contributed by atoms with van der Waals surface area (Å²) in [4.78, 5) is 21.7. The normalized spacial score (nSPS) is 15.6. The van der Waals surface area contributed by atoms with Crippen LogP contribution in [0.15, 0.2) is 58.3 Å². The number of nitro benzene ring substituents is 1. The van der Waals surface area contributed by atoms with Crippen LogP contribution in [0.3, 0.4) is 0 Å². The summed E-state index contributed by atoms with van der Waals surface area (Å²) in [7, 11) is -4.14. The van der Waals surface area contributed by atoms with Crippen LogP contribution in [-0.2, 0) is 14.9 Å². The van der Waals surface area contributed by atoms with E-state index >= 15 is 0 Å². The minimum atomic E-state index is -4.14. The molecule has 1 amide bonds. The summed E-state index contributed by atoms with van der Waals surface area (Å²) in [6.45, 7) is 0. The first-order valence-corrected chi connectivity index (χ1v) is 9.55. The number of thioether (sulfide) groups is 1. The Kier molecular flexibility index (Phi) is 4.97. The smallest absolute Gasteiger partial charge is 0.339 e. The van der Waals surface area contributed by atoms with Crippen molar-refractivity contribution in [3.05, 3.63) is 69.1 Å². The van der Waals surface area contributed by atoms with Crippen LogP contribution in [0.4, 0.5) is 5.69 Å². The second kappa shape index (κ2) is 7.21. The summed E-state index contributed by atoms with van der Waals surface area (Å²) in [5.41, 5.74) is 0.399. The van der Waals surface area contributed by atoms with Crippen molar-refractivity contribution in [2.75, 3.05) is 0 Å². The highest BCUT2D eigenvalue weighted by Crippen LogP contribution is 2.26. The molecule has 2 aromatic rings. The number of benzene rings is 2. The number of hydrogen-bond acceptors (Lipinski definition) is 8. The standard InChI is InChI=1S/C16H11N3O6S2/c17-16-18-15(20)14(26-16)9-10-1-5-12(6-2-10)25-27(23,24)13-7-3-11(4-8-13)19(21)22/h1-9H,(H2,17,18,20)/b14-9-. The number of nitrogens with zero attached hydrogens (tertiary/aromatic N) is 1. The van der Waals surface area contributed by atoms with Crippen molar-refractivity contribution >= 4 is 44.7 Å². The first-order chi connectivity index (χ1) is 12.7. The molecule has 0 atom stereocenters. The van der Waals surface area contributed by atoms with Crippen LogP contribution in [0.25, 0.3) is 6.08 Å². The van der Waals surface area contributed by atoms with Gasteiger partial charge in [0.15, 0.2) is 5.17 Å². The topological polar surface area (TPSA) is 139 Å². The highest BCUT2D eigenvalue weighted by Gasteiger charge is 2.22. The molecule has 2 aromatic carbocycles. The Hall–Kier alpha value is -3.18. The van der Waals surface area contributed by atoms with Gasteiger partial charge in [-0.25, -0.2) is 0 Å². The molecule has 0 bridgehead atoms. The number of amidine groups is 1. The second-order valence-corrected chi connectivity index (χ2v) is 7.85. The molecule has 0 aromatic heterocycles. The van der Waals surface area contributed by atoms with E-state index in [1.807, 2.05) is 0 Å². The molecule has 2 N–H and O–H groups in total.